The van der Waals surface area contributed by atoms with Gasteiger partial charge in [-0.15, -0.1) is 39.1 Å². The van der Waals surface area contributed by atoms with E-state index in [4.69, 9.17) is 57.4 Å². The fraction of sp³-hybridized carbons (Fsp3) is 1.00. The van der Waals surface area contributed by atoms with Crippen LogP contribution in [0.5, 0.6) is 0 Å². The van der Waals surface area contributed by atoms with E-state index in [1.165, 1.54) is 6.42 Å². The quantitative estimate of drug-likeness (QED) is 0.263. The van der Waals surface area contributed by atoms with Gasteiger partial charge in [-0.05, 0) is 0 Å². The predicted octanol–water partition coefficient (Wildman–Crippen LogP) is -0.0701. The average Bonchev–Trinajstić information content (AvgIpc) is 1.97. The largest absolute Gasteiger partial charge is 0.692 e. The maximum atomic E-state index is 8.70. The molecule has 16 heteroatoms. The van der Waals surface area contributed by atoms with Gasteiger partial charge in [0, 0.05) is 18.3 Å². The summed E-state index contributed by atoms with van der Waals surface area (Å²) in [4.78, 5) is 57.0. The maximum absolute atomic E-state index is 8.70. The molecule has 0 bridgehead atoms. The van der Waals surface area contributed by atoms with E-state index < -0.39 is 33.0 Å². The molecule has 0 aromatic carbocycles. The topological polar surface area (TPSA) is 230 Å². The number of hydrogen-bond acceptors (Lipinski definition) is 4. The Balaban J connectivity index is -0.0000000432. The zero-order chi connectivity index (χ0) is 17.0. The van der Waals surface area contributed by atoms with Gasteiger partial charge in [0.1, 0.15) is 0 Å². The molecule has 0 aromatic heterocycles. The van der Waals surface area contributed by atoms with E-state index in [-0.39, 0.29) is 0 Å². The summed E-state index contributed by atoms with van der Waals surface area (Å²) in [6.45, 7) is 4.25. The zero-order valence-corrected chi connectivity index (χ0v) is 13.3. The molecule has 0 aliphatic heterocycles. The van der Waals surface area contributed by atoms with Gasteiger partial charge in [0.25, 0.3) is 0 Å². The summed E-state index contributed by atoms with van der Waals surface area (Å²) >= 11 is 0. The maximum Gasteiger partial charge on any atom is 0.692 e. The fourth-order valence-corrected chi connectivity index (χ4v) is 0. The van der Waals surface area contributed by atoms with Gasteiger partial charge in [-0.1, -0.05) is 20.3 Å². The summed E-state index contributed by atoms with van der Waals surface area (Å²) in [5.74, 6) is 0. The average molecular weight is 368 g/mol. The SMILES string of the molecule is CCC.O=[P+](O)O.O=[P+](O)O.O=[P+](O)O.O=[P+](O)O. The second kappa shape index (κ2) is 30.8. The van der Waals surface area contributed by atoms with Crippen molar-refractivity contribution in [3.63, 3.8) is 0 Å². The van der Waals surface area contributed by atoms with Gasteiger partial charge in [0.2, 0.25) is 0 Å². The normalized spacial score (nSPS) is 6.42. The van der Waals surface area contributed by atoms with Crippen molar-refractivity contribution in [2.45, 2.75) is 20.3 Å². The van der Waals surface area contributed by atoms with Crippen LogP contribution >= 0.6 is 33.0 Å². The second-order valence-electron chi connectivity index (χ2n) is 1.72. The monoisotopic (exact) mass is 368 g/mol. The summed E-state index contributed by atoms with van der Waals surface area (Å²) in [7, 11) is -11.5. The van der Waals surface area contributed by atoms with Crippen molar-refractivity contribution in [3.8, 4) is 0 Å². The van der Waals surface area contributed by atoms with Crippen molar-refractivity contribution in [1.82, 2.24) is 0 Å². The third-order valence-corrected chi connectivity index (χ3v) is 0. The lowest BCUT2D eigenvalue weighted by Gasteiger charge is -1.48. The molecule has 0 saturated heterocycles. The molecule has 0 spiro atoms. The highest BCUT2D eigenvalue weighted by Gasteiger charge is 1.94. The lowest BCUT2D eigenvalue weighted by Crippen LogP contribution is -1.38. The summed E-state index contributed by atoms with van der Waals surface area (Å²) < 4.78 is 34.8. The van der Waals surface area contributed by atoms with Crippen LogP contribution in [0.3, 0.4) is 0 Å². The van der Waals surface area contributed by atoms with Crippen LogP contribution in [-0.2, 0) is 18.3 Å². The molecule has 0 unspecified atom stereocenters. The highest BCUT2D eigenvalue weighted by molar-refractivity contribution is 7.31. The first-order valence-corrected chi connectivity index (χ1v) is 8.41. The Morgan fingerprint density at radius 2 is 0.526 bits per heavy atom. The third-order valence-electron chi connectivity index (χ3n) is 0. The third kappa shape index (κ3) is 730000. The van der Waals surface area contributed by atoms with Crippen molar-refractivity contribution in [1.29, 1.82) is 0 Å². The smallest absolute Gasteiger partial charge is 0.134 e. The Morgan fingerprint density at radius 1 is 0.526 bits per heavy atom. The molecule has 0 atom stereocenters. The summed E-state index contributed by atoms with van der Waals surface area (Å²) in [5, 5.41) is 0. The van der Waals surface area contributed by atoms with Gasteiger partial charge in [0.15, 0.2) is 0 Å². The van der Waals surface area contributed by atoms with Crippen LogP contribution < -0.4 is 0 Å². The summed E-state index contributed by atoms with van der Waals surface area (Å²) in [5.41, 5.74) is 0. The van der Waals surface area contributed by atoms with Crippen LogP contribution in [0.1, 0.15) is 20.3 Å². The van der Waals surface area contributed by atoms with Gasteiger partial charge in [-0.3, -0.25) is 0 Å². The lowest BCUT2D eigenvalue weighted by molar-refractivity contribution is 0.403. The first-order valence-electron chi connectivity index (χ1n) is 3.74. The van der Waals surface area contributed by atoms with Crippen molar-refractivity contribution in [2.24, 2.45) is 0 Å². The van der Waals surface area contributed by atoms with Gasteiger partial charge in [0.05, 0.1) is 0 Å². The van der Waals surface area contributed by atoms with Crippen LogP contribution in [-0.4, -0.2) is 39.1 Å². The highest BCUT2D eigenvalue weighted by Crippen LogP contribution is 1.99. The Labute approximate surface area is 111 Å². The minimum absolute atomic E-state index is 1.25. The van der Waals surface area contributed by atoms with Crippen LogP contribution in [0.4, 0.5) is 0 Å². The minimum atomic E-state index is -2.87. The molecule has 0 saturated carbocycles. The van der Waals surface area contributed by atoms with E-state index in [0.29, 0.717) is 0 Å². The molecule has 0 heterocycles. The lowest BCUT2D eigenvalue weighted by atomic mass is 10.6. The molecule has 0 aromatic rings. The molecule has 0 fully saturated rings. The van der Waals surface area contributed by atoms with E-state index in [9.17, 15) is 0 Å². The molecule has 19 heavy (non-hydrogen) atoms. The van der Waals surface area contributed by atoms with Crippen molar-refractivity contribution in [2.75, 3.05) is 0 Å². The van der Waals surface area contributed by atoms with Crippen LogP contribution in [0, 0.1) is 0 Å². The molecule has 0 amide bonds. The predicted molar refractivity (Wildman–Crippen MR) is 64.1 cm³/mol. The van der Waals surface area contributed by atoms with E-state index in [2.05, 4.69) is 13.8 Å². The van der Waals surface area contributed by atoms with E-state index in [0.717, 1.165) is 0 Å². The van der Waals surface area contributed by atoms with Crippen LogP contribution in [0.2, 0.25) is 0 Å². The molecule has 0 aliphatic carbocycles. The van der Waals surface area contributed by atoms with E-state index in [1.807, 2.05) is 0 Å². The second-order valence-corrected chi connectivity index (χ2v) is 3.74. The molecular formula is C3H16O12P4+4. The summed E-state index contributed by atoms with van der Waals surface area (Å²) in [6, 6.07) is 0. The van der Waals surface area contributed by atoms with E-state index >= 15 is 0 Å². The molecule has 12 nitrogen and oxygen atoms in total. The Morgan fingerprint density at radius 3 is 0.526 bits per heavy atom. The number of rotatable bonds is 0. The molecular weight excluding hydrogens is 352 g/mol. The van der Waals surface area contributed by atoms with Gasteiger partial charge in [-0.2, -0.15) is 0 Å². The molecule has 0 aliphatic rings. The molecule has 116 valence electrons. The minimum Gasteiger partial charge on any atom is -0.134 e. The van der Waals surface area contributed by atoms with Crippen molar-refractivity contribution in [3.05, 3.63) is 0 Å². The molecule has 0 radical (unpaired) electrons. The van der Waals surface area contributed by atoms with Gasteiger partial charge >= 0.3 is 33.0 Å². The van der Waals surface area contributed by atoms with Crippen molar-refractivity contribution < 1.29 is 57.4 Å². The van der Waals surface area contributed by atoms with Crippen LogP contribution in [0.25, 0.3) is 0 Å². The Bertz CT molecular complexity index is 177. The first kappa shape index (κ1) is 31.5. The molecule has 8 N–H and O–H groups in total. The van der Waals surface area contributed by atoms with Gasteiger partial charge < -0.3 is 0 Å². The highest BCUT2D eigenvalue weighted by atomic mass is 31.1. The molecule has 0 rings (SSSR count). The van der Waals surface area contributed by atoms with E-state index in [1.54, 1.807) is 0 Å². The Kier molecular flexibility index (Phi) is 51.0. The first-order chi connectivity index (χ1) is 8.34. The van der Waals surface area contributed by atoms with Crippen molar-refractivity contribution >= 4 is 33.0 Å². The zero-order valence-electron chi connectivity index (χ0n) is 9.71. The Hall–Kier alpha value is 0.0800. The summed E-state index contributed by atoms with van der Waals surface area (Å²) in [6.07, 6.45) is 1.25. The fourth-order valence-electron chi connectivity index (χ4n) is 0. The van der Waals surface area contributed by atoms with Gasteiger partial charge in [-0.25, -0.2) is 0 Å². The number of hydrogen-bond donors (Lipinski definition) is 8. The standard InChI is InChI=1S/C3H8.4HO3P/c1-3-2;4*1-4(2)3/h3H2,1-2H3;4*(H-,1,2,3)/p+4. The van der Waals surface area contributed by atoms with Crippen LogP contribution in [0.15, 0.2) is 0 Å².